The number of hydrogen-bond donors (Lipinski definition) is 2. The normalized spacial score (nSPS) is 14.8. The molecule has 0 atom stereocenters. The van der Waals surface area contributed by atoms with E-state index in [0.29, 0.717) is 11.6 Å². The number of guanidine groups is 1. The summed E-state index contributed by atoms with van der Waals surface area (Å²) in [5.41, 5.74) is 13.4. The number of fused-ring (bicyclic) bond motifs is 3. The molecule has 0 saturated heterocycles. The molecule has 23 heavy (non-hydrogen) atoms. The smallest absolute Gasteiger partial charge is 0.280 e. The Hall–Kier alpha value is -2.82. The van der Waals surface area contributed by atoms with Crippen LogP contribution in [0.15, 0.2) is 47.5 Å². The van der Waals surface area contributed by atoms with Crippen molar-refractivity contribution in [2.45, 2.75) is 25.3 Å². The van der Waals surface area contributed by atoms with Crippen LogP contribution in [0.5, 0.6) is 0 Å². The van der Waals surface area contributed by atoms with E-state index in [-0.39, 0.29) is 5.96 Å². The van der Waals surface area contributed by atoms with Gasteiger partial charge in [0.2, 0.25) is 0 Å². The van der Waals surface area contributed by atoms with Crippen molar-refractivity contribution in [2.24, 2.45) is 16.5 Å². The van der Waals surface area contributed by atoms with Gasteiger partial charge in [-0.25, -0.2) is 0 Å². The summed E-state index contributed by atoms with van der Waals surface area (Å²) in [6.07, 6.45) is 3.62. The van der Waals surface area contributed by atoms with Crippen molar-refractivity contribution in [3.8, 4) is 0 Å². The van der Waals surface area contributed by atoms with Crippen LogP contribution in [0.2, 0.25) is 0 Å². The molecule has 1 heterocycles. The van der Waals surface area contributed by atoms with Gasteiger partial charge in [0, 0.05) is 27.9 Å². The molecule has 0 unspecified atom stereocenters. The number of benzene rings is 2. The highest BCUT2D eigenvalue weighted by Gasteiger charge is 2.24. The number of nitrogens with zero attached hydrogens (tertiary/aromatic N) is 2. The zero-order valence-electron chi connectivity index (χ0n) is 12.7. The topological polar surface area (TPSA) is 86.4 Å². The summed E-state index contributed by atoms with van der Waals surface area (Å²) in [5, 5.41) is 2.38. The van der Waals surface area contributed by atoms with E-state index in [2.05, 4.69) is 27.8 Å². The number of rotatable bonds is 2. The van der Waals surface area contributed by atoms with E-state index in [1.54, 1.807) is 6.07 Å². The number of hydrogen-bond acceptors (Lipinski definition) is 1. The fraction of sp³-hybridized carbons (Fsp3) is 0.222. The molecule has 116 valence electrons. The highest BCUT2D eigenvalue weighted by atomic mass is 16.1. The van der Waals surface area contributed by atoms with E-state index in [9.17, 15) is 4.79 Å². The van der Waals surface area contributed by atoms with Gasteiger partial charge in [-0.15, -0.1) is 0 Å². The summed E-state index contributed by atoms with van der Waals surface area (Å²) < 4.78 is 2.36. The summed E-state index contributed by atoms with van der Waals surface area (Å²) >= 11 is 0. The number of aromatic nitrogens is 1. The first-order valence-corrected chi connectivity index (χ1v) is 7.82. The standard InChI is InChI=1S/C18H18N4O/c19-18(20)21-17(23)11-8-9-14-13-6-1-2-7-15(13)22(16(14)10-11)12-4-3-5-12/h1-2,6-10,12H,3-5H2,(H4,19,20,21,23). The molecule has 3 aromatic rings. The highest BCUT2D eigenvalue weighted by molar-refractivity contribution is 6.11. The first-order valence-electron chi connectivity index (χ1n) is 7.82. The number of nitrogens with two attached hydrogens (primary N) is 2. The molecule has 1 aliphatic rings. The summed E-state index contributed by atoms with van der Waals surface area (Å²) in [4.78, 5) is 15.8. The number of aliphatic imine (C=N–C) groups is 1. The predicted octanol–water partition coefficient (Wildman–Crippen LogP) is 2.93. The average Bonchev–Trinajstić information content (AvgIpc) is 2.80. The van der Waals surface area contributed by atoms with Gasteiger partial charge in [-0.05, 0) is 37.5 Å². The number of carbonyl (C=O) groups excluding carboxylic acids is 1. The Morgan fingerprint density at radius 3 is 2.48 bits per heavy atom. The van der Waals surface area contributed by atoms with E-state index in [1.165, 1.54) is 30.2 Å². The average molecular weight is 306 g/mol. The van der Waals surface area contributed by atoms with Gasteiger partial charge in [0.05, 0.1) is 5.52 Å². The van der Waals surface area contributed by atoms with Gasteiger partial charge >= 0.3 is 0 Å². The first kappa shape index (κ1) is 13.8. The fourth-order valence-electron chi connectivity index (χ4n) is 3.35. The van der Waals surface area contributed by atoms with Crippen molar-refractivity contribution >= 4 is 33.7 Å². The van der Waals surface area contributed by atoms with Crippen LogP contribution in [-0.2, 0) is 0 Å². The molecule has 0 spiro atoms. The van der Waals surface area contributed by atoms with E-state index in [1.807, 2.05) is 18.2 Å². The van der Waals surface area contributed by atoms with Crippen LogP contribution in [-0.4, -0.2) is 16.4 Å². The van der Waals surface area contributed by atoms with Crippen molar-refractivity contribution in [3.05, 3.63) is 48.0 Å². The summed E-state index contributed by atoms with van der Waals surface area (Å²) in [6.45, 7) is 0. The third kappa shape index (κ3) is 2.16. The molecule has 0 aliphatic heterocycles. The SMILES string of the molecule is NC(N)=NC(=O)c1ccc2c3ccccc3n(C3CCC3)c2c1. The lowest BCUT2D eigenvalue weighted by atomic mass is 9.92. The molecule has 0 radical (unpaired) electrons. The van der Waals surface area contributed by atoms with Gasteiger partial charge < -0.3 is 16.0 Å². The quantitative estimate of drug-likeness (QED) is 0.564. The molecule has 0 bridgehead atoms. The minimum atomic E-state index is -0.405. The molecule has 2 aromatic carbocycles. The summed E-state index contributed by atoms with van der Waals surface area (Å²) in [7, 11) is 0. The van der Waals surface area contributed by atoms with Gasteiger partial charge in [-0.2, -0.15) is 4.99 Å². The minimum absolute atomic E-state index is 0.213. The first-order chi connectivity index (χ1) is 11.1. The van der Waals surface area contributed by atoms with Gasteiger partial charge in [0.25, 0.3) is 5.91 Å². The Bertz CT molecular complexity index is 946. The molecule has 5 heteroatoms. The van der Waals surface area contributed by atoms with Crippen LogP contribution in [0.25, 0.3) is 21.8 Å². The van der Waals surface area contributed by atoms with Crippen LogP contribution in [0.4, 0.5) is 0 Å². The van der Waals surface area contributed by atoms with Crippen molar-refractivity contribution in [1.82, 2.24) is 4.57 Å². The Balaban J connectivity index is 1.98. The Morgan fingerprint density at radius 1 is 1.04 bits per heavy atom. The molecule has 1 aliphatic carbocycles. The van der Waals surface area contributed by atoms with Crippen LogP contribution in [0.3, 0.4) is 0 Å². The molecule has 5 nitrogen and oxygen atoms in total. The maximum absolute atomic E-state index is 12.1. The largest absolute Gasteiger partial charge is 0.370 e. The number of para-hydroxylation sites is 1. The molecule has 1 aromatic heterocycles. The lowest BCUT2D eigenvalue weighted by Crippen LogP contribution is -2.24. The molecule has 1 fully saturated rings. The second kappa shape index (κ2) is 5.12. The molecular weight excluding hydrogens is 288 g/mol. The summed E-state index contributed by atoms with van der Waals surface area (Å²) in [5.74, 6) is -0.619. The molecule has 1 amide bonds. The van der Waals surface area contributed by atoms with Gasteiger partial charge in [-0.1, -0.05) is 24.3 Å². The molecular formula is C18H18N4O. The second-order valence-electron chi connectivity index (χ2n) is 6.05. The van der Waals surface area contributed by atoms with E-state index >= 15 is 0 Å². The van der Waals surface area contributed by atoms with E-state index in [0.717, 1.165) is 10.9 Å². The van der Waals surface area contributed by atoms with Crippen LogP contribution >= 0.6 is 0 Å². The lowest BCUT2D eigenvalue weighted by Gasteiger charge is -2.29. The third-order valence-corrected chi connectivity index (χ3v) is 4.63. The van der Waals surface area contributed by atoms with Crippen LogP contribution in [0.1, 0.15) is 35.7 Å². The Kier molecular flexibility index (Phi) is 3.08. The van der Waals surface area contributed by atoms with Crippen molar-refractivity contribution in [3.63, 3.8) is 0 Å². The fourth-order valence-corrected chi connectivity index (χ4v) is 3.35. The van der Waals surface area contributed by atoms with Gasteiger partial charge in [0.15, 0.2) is 5.96 Å². The second-order valence-corrected chi connectivity index (χ2v) is 6.05. The van der Waals surface area contributed by atoms with Crippen molar-refractivity contribution < 1.29 is 4.79 Å². The van der Waals surface area contributed by atoms with E-state index in [4.69, 9.17) is 11.5 Å². The van der Waals surface area contributed by atoms with Gasteiger partial charge in [0.1, 0.15) is 0 Å². The van der Waals surface area contributed by atoms with Crippen LogP contribution in [0, 0.1) is 0 Å². The Labute approximate surface area is 133 Å². The predicted molar refractivity (Wildman–Crippen MR) is 92.5 cm³/mol. The number of amides is 1. The van der Waals surface area contributed by atoms with Crippen LogP contribution < -0.4 is 11.5 Å². The lowest BCUT2D eigenvalue weighted by molar-refractivity contribution is 0.100. The highest BCUT2D eigenvalue weighted by Crippen LogP contribution is 2.40. The zero-order valence-corrected chi connectivity index (χ0v) is 12.7. The third-order valence-electron chi connectivity index (χ3n) is 4.63. The van der Waals surface area contributed by atoms with Crippen molar-refractivity contribution in [2.75, 3.05) is 0 Å². The van der Waals surface area contributed by atoms with Crippen molar-refractivity contribution in [1.29, 1.82) is 0 Å². The number of carbonyl (C=O) groups is 1. The molecule has 4 N–H and O–H groups in total. The minimum Gasteiger partial charge on any atom is -0.370 e. The maximum atomic E-state index is 12.1. The molecule has 4 rings (SSSR count). The monoisotopic (exact) mass is 306 g/mol. The Morgan fingerprint density at radius 2 is 1.78 bits per heavy atom. The zero-order chi connectivity index (χ0) is 16.0. The maximum Gasteiger partial charge on any atom is 0.280 e. The molecule has 1 saturated carbocycles. The van der Waals surface area contributed by atoms with E-state index < -0.39 is 5.91 Å². The van der Waals surface area contributed by atoms with Gasteiger partial charge in [-0.3, -0.25) is 4.79 Å². The summed E-state index contributed by atoms with van der Waals surface area (Å²) in [6, 6.07) is 14.6.